The van der Waals surface area contributed by atoms with E-state index >= 15 is 0 Å². The van der Waals surface area contributed by atoms with Crippen molar-refractivity contribution in [3.8, 4) is 0 Å². The Bertz CT molecular complexity index is 204. The lowest BCUT2D eigenvalue weighted by molar-refractivity contribution is -0.126. The SMILES string of the molecule is CNC(=O)CNC(=O)C(N)CC(C)C. The summed E-state index contributed by atoms with van der Waals surface area (Å²) in [6.45, 7) is 3.97. The predicted octanol–water partition coefficient (Wildman–Crippen LogP) is -0.778. The maximum Gasteiger partial charge on any atom is 0.239 e. The molecule has 0 saturated carbocycles. The van der Waals surface area contributed by atoms with Gasteiger partial charge < -0.3 is 16.4 Å². The molecule has 14 heavy (non-hydrogen) atoms. The lowest BCUT2D eigenvalue weighted by Crippen LogP contribution is -2.44. The van der Waals surface area contributed by atoms with E-state index in [9.17, 15) is 9.59 Å². The highest BCUT2D eigenvalue weighted by Gasteiger charge is 2.14. The van der Waals surface area contributed by atoms with Crippen LogP contribution in [0.25, 0.3) is 0 Å². The third-order valence-electron chi connectivity index (χ3n) is 1.76. The van der Waals surface area contributed by atoms with E-state index in [-0.39, 0.29) is 18.4 Å². The van der Waals surface area contributed by atoms with Gasteiger partial charge in [0.25, 0.3) is 0 Å². The molecule has 0 fully saturated rings. The number of likely N-dealkylation sites (N-methyl/N-ethyl adjacent to an activating group) is 1. The Morgan fingerprint density at radius 3 is 2.36 bits per heavy atom. The number of carbonyl (C=O) groups excluding carboxylic acids is 2. The second-order valence-corrected chi connectivity index (χ2v) is 3.63. The second kappa shape index (κ2) is 6.37. The van der Waals surface area contributed by atoms with Crippen LogP contribution in [0.1, 0.15) is 20.3 Å². The van der Waals surface area contributed by atoms with Crippen LogP contribution < -0.4 is 16.4 Å². The van der Waals surface area contributed by atoms with Crippen molar-refractivity contribution in [2.75, 3.05) is 13.6 Å². The number of carbonyl (C=O) groups is 2. The number of amides is 2. The maximum absolute atomic E-state index is 11.3. The van der Waals surface area contributed by atoms with Crippen LogP contribution in [0.2, 0.25) is 0 Å². The number of hydrogen-bond donors (Lipinski definition) is 3. The van der Waals surface area contributed by atoms with Crippen molar-refractivity contribution >= 4 is 11.8 Å². The van der Waals surface area contributed by atoms with Gasteiger partial charge in [-0.15, -0.1) is 0 Å². The highest BCUT2D eigenvalue weighted by Crippen LogP contribution is 2.01. The van der Waals surface area contributed by atoms with Gasteiger partial charge >= 0.3 is 0 Å². The van der Waals surface area contributed by atoms with Crippen LogP contribution in [0.4, 0.5) is 0 Å². The molecule has 0 bridgehead atoms. The summed E-state index contributed by atoms with van der Waals surface area (Å²) in [6, 6.07) is -0.528. The van der Waals surface area contributed by atoms with Crippen LogP contribution >= 0.6 is 0 Å². The van der Waals surface area contributed by atoms with Crippen molar-refractivity contribution in [3.63, 3.8) is 0 Å². The predicted molar refractivity (Wildman–Crippen MR) is 54.5 cm³/mol. The van der Waals surface area contributed by atoms with Crippen LogP contribution in [-0.4, -0.2) is 31.4 Å². The fourth-order valence-corrected chi connectivity index (χ4v) is 1.00. The van der Waals surface area contributed by atoms with Gasteiger partial charge in [0.15, 0.2) is 0 Å². The second-order valence-electron chi connectivity index (χ2n) is 3.63. The topological polar surface area (TPSA) is 84.2 Å². The van der Waals surface area contributed by atoms with E-state index in [0.29, 0.717) is 12.3 Å². The highest BCUT2D eigenvalue weighted by atomic mass is 16.2. The summed E-state index contributed by atoms with van der Waals surface area (Å²) < 4.78 is 0. The lowest BCUT2D eigenvalue weighted by atomic mass is 10.0. The van der Waals surface area contributed by atoms with Gasteiger partial charge in [0.1, 0.15) is 0 Å². The van der Waals surface area contributed by atoms with Crippen LogP contribution in [0.3, 0.4) is 0 Å². The molecule has 1 atom stereocenters. The van der Waals surface area contributed by atoms with Gasteiger partial charge in [-0.3, -0.25) is 9.59 Å². The molecule has 5 heteroatoms. The lowest BCUT2D eigenvalue weighted by Gasteiger charge is -2.13. The fourth-order valence-electron chi connectivity index (χ4n) is 1.00. The molecule has 1 unspecified atom stereocenters. The van der Waals surface area contributed by atoms with Crippen molar-refractivity contribution in [2.45, 2.75) is 26.3 Å². The van der Waals surface area contributed by atoms with Gasteiger partial charge in [-0.25, -0.2) is 0 Å². The third kappa shape index (κ3) is 5.53. The van der Waals surface area contributed by atoms with Gasteiger partial charge in [-0.05, 0) is 12.3 Å². The fraction of sp³-hybridized carbons (Fsp3) is 0.778. The van der Waals surface area contributed by atoms with E-state index in [2.05, 4.69) is 10.6 Å². The first kappa shape index (κ1) is 12.9. The van der Waals surface area contributed by atoms with Gasteiger partial charge in [0.05, 0.1) is 12.6 Å². The van der Waals surface area contributed by atoms with E-state index in [0.717, 1.165) is 0 Å². The number of nitrogens with two attached hydrogens (primary N) is 1. The molecule has 0 spiro atoms. The van der Waals surface area contributed by atoms with Crippen LogP contribution in [0.15, 0.2) is 0 Å². The largest absolute Gasteiger partial charge is 0.358 e. The third-order valence-corrected chi connectivity index (χ3v) is 1.76. The molecule has 0 aliphatic carbocycles. The summed E-state index contributed by atoms with van der Waals surface area (Å²) in [7, 11) is 1.52. The summed E-state index contributed by atoms with van der Waals surface area (Å²) in [4.78, 5) is 22.1. The van der Waals surface area contributed by atoms with Crippen molar-refractivity contribution in [2.24, 2.45) is 11.7 Å². The maximum atomic E-state index is 11.3. The Labute approximate surface area is 84.4 Å². The Morgan fingerprint density at radius 2 is 1.93 bits per heavy atom. The van der Waals surface area contributed by atoms with Crippen molar-refractivity contribution in [1.82, 2.24) is 10.6 Å². The molecule has 0 saturated heterocycles. The zero-order chi connectivity index (χ0) is 11.1. The number of nitrogens with one attached hydrogen (secondary N) is 2. The monoisotopic (exact) mass is 201 g/mol. The zero-order valence-corrected chi connectivity index (χ0v) is 8.96. The van der Waals surface area contributed by atoms with Crippen molar-refractivity contribution in [1.29, 1.82) is 0 Å². The average Bonchev–Trinajstić information content (AvgIpc) is 2.12. The minimum atomic E-state index is -0.528. The Hall–Kier alpha value is -1.10. The Morgan fingerprint density at radius 1 is 1.36 bits per heavy atom. The summed E-state index contributed by atoms with van der Waals surface area (Å²) in [5.74, 6) is -0.131. The molecular weight excluding hydrogens is 182 g/mol. The molecule has 82 valence electrons. The minimum Gasteiger partial charge on any atom is -0.358 e. The minimum absolute atomic E-state index is 0.0128. The van der Waals surface area contributed by atoms with Gasteiger partial charge in [-0.2, -0.15) is 0 Å². The van der Waals surface area contributed by atoms with Gasteiger partial charge in [0.2, 0.25) is 11.8 Å². The number of hydrogen-bond acceptors (Lipinski definition) is 3. The molecular formula is C9H19N3O2. The van der Waals surface area contributed by atoms with E-state index < -0.39 is 6.04 Å². The molecule has 0 radical (unpaired) electrons. The van der Waals surface area contributed by atoms with Crippen LogP contribution in [-0.2, 0) is 9.59 Å². The zero-order valence-electron chi connectivity index (χ0n) is 8.96. The molecule has 0 aliphatic heterocycles. The van der Waals surface area contributed by atoms with Crippen LogP contribution in [0.5, 0.6) is 0 Å². The molecule has 4 N–H and O–H groups in total. The van der Waals surface area contributed by atoms with E-state index in [1.54, 1.807) is 0 Å². The molecule has 5 nitrogen and oxygen atoms in total. The number of rotatable bonds is 5. The molecule has 0 aliphatic rings. The van der Waals surface area contributed by atoms with E-state index in [4.69, 9.17) is 5.73 Å². The average molecular weight is 201 g/mol. The summed E-state index contributed by atoms with van der Waals surface area (Å²) in [5.41, 5.74) is 5.60. The van der Waals surface area contributed by atoms with Crippen LogP contribution in [0, 0.1) is 5.92 Å². The molecule has 0 rings (SSSR count). The molecule has 0 aromatic rings. The quantitative estimate of drug-likeness (QED) is 0.545. The molecule has 0 aromatic heterocycles. The van der Waals surface area contributed by atoms with Crippen molar-refractivity contribution in [3.05, 3.63) is 0 Å². The smallest absolute Gasteiger partial charge is 0.239 e. The summed E-state index contributed by atoms with van der Waals surface area (Å²) in [6.07, 6.45) is 0.625. The molecule has 2 amide bonds. The van der Waals surface area contributed by atoms with Gasteiger partial charge in [-0.1, -0.05) is 13.8 Å². The van der Waals surface area contributed by atoms with E-state index in [1.165, 1.54) is 7.05 Å². The highest BCUT2D eigenvalue weighted by molar-refractivity contribution is 5.87. The standard InChI is InChI=1S/C9H19N3O2/c1-6(2)4-7(10)9(14)12-5-8(13)11-3/h6-7H,4-5,10H2,1-3H3,(H,11,13)(H,12,14). The Kier molecular flexibility index (Phi) is 5.87. The van der Waals surface area contributed by atoms with E-state index in [1.807, 2.05) is 13.8 Å². The van der Waals surface area contributed by atoms with Crippen molar-refractivity contribution < 1.29 is 9.59 Å². The normalized spacial score (nSPS) is 12.4. The summed E-state index contributed by atoms with van der Waals surface area (Å²) >= 11 is 0. The van der Waals surface area contributed by atoms with Gasteiger partial charge in [0, 0.05) is 7.05 Å². The molecule has 0 aromatic carbocycles. The summed E-state index contributed by atoms with van der Waals surface area (Å²) in [5, 5.41) is 4.87. The first-order valence-electron chi connectivity index (χ1n) is 4.71. The molecule has 0 heterocycles. The Balaban J connectivity index is 3.78. The first-order chi connectivity index (χ1) is 6.47. The first-order valence-corrected chi connectivity index (χ1v) is 4.71.